The van der Waals surface area contributed by atoms with Gasteiger partial charge in [-0.05, 0) is 18.6 Å². The van der Waals surface area contributed by atoms with Crippen molar-refractivity contribution >= 4 is 21.8 Å². The van der Waals surface area contributed by atoms with E-state index < -0.39 is 10.0 Å². The molecule has 0 aliphatic carbocycles. The first-order valence-electron chi connectivity index (χ1n) is 7.49. The van der Waals surface area contributed by atoms with Crippen molar-refractivity contribution in [1.82, 2.24) is 14.5 Å². The summed E-state index contributed by atoms with van der Waals surface area (Å²) in [6.07, 6.45) is 0.576. The van der Waals surface area contributed by atoms with E-state index >= 15 is 0 Å². The molecule has 2 amide bonds. The summed E-state index contributed by atoms with van der Waals surface area (Å²) in [5.74, 6) is -0.357. The van der Waals surface area contributed by atoms with Gasteiger partial charge >= 0.3 is 0 Å². The number of hydrogen-bond acceptors (Lipinski definition) is 4. The second-order valence-corrected chi connectivity index (χ2v) is 7.88. The van der Waals surface area contributed by atoms with Crippen LogP contribution in [0.3, 0.4) is 0 Å². The molecule has 124 valence electrons. The average Bonchev–Trinajstić information content (AvgIpc) is 2.90. The van der Waals surface area contributed by atoms with E-state index in [9.17, 15) is 18.0 Å². The molecular weight excluding hydrogens is 318 g/mol. The van der Waals surface area contributed by atoms with Gasteiger partial charge in [-0.2, -0.15) is 4.31 Å². The van der Waals surface area contributed by atoms with Crippen molar-refractivity contribution in [2.24, 2.45) is 0 Å². The molecule has 3 rings (SSSR count). The van der Waals surface area contributed by atoms with E-state index in [1.54, 1.807) is 23.1 Å². The van der Waals surface area contributed by atoms with Gasteiger partial charge in [0, 0.05) is 32.1 Å². The van der Waals surface area contributed by atoms with Gasteiger partial charge < -0.3 is 10.2 Å². The lowest BCUT2D eigenvalue weighted by Crippen LogP contribution is -2.55. The van der Waals surface area contributed by atoms with E-state index in [0.29, 0.717) is 13.0 Å². The normalized spacial score (nSPS) is 25.3. The Hall–Kier alpha value is -1.93. The summed E-state index contributed by atoms with van der Waals surface area (Å²) in [5.41, 5.74) is 0. The van der Waals surface area contributed by atoms with Gasteiger partial charge in [-0.1, -0.05) is 18.2 Å². The first kappa shape index (κ1) is 15.9. The number of benzene rings is 1. The summed E-state index contributed by atoms with van der Waals surface area (Å²) in [7, 11) is -3.68. The fourth-order valence-corrected chi connectivity index (χ4v) is 4.70. The average molecular weight is 337 g/mol. The maximum Gasteiger partial charge on any atom is 0.243 e. The van der Waals surface area contributed by atoms with E-state index in [0.717, 1.165) is 0 Å². The molecule has 23 heavy (non-hydrogen) atoms. The standard InChI is InChI=1S/C15H19N3O4S/c1-11(19)16-12-7-13-9-17(10-15(20)18(13)8-12)23(21,22)14-5-3-2-4-6-14/h2-6,12-13H,7-10H2,1H3,(H,16,19). The molecule has 1 N–H and O–H groups in total. The van der Waals surface area contributed by atoms with E-state index in [4.69, 9.17) is 0 Å². The number of carbonyl (C=O) groups excluding carboxylic acids is 2. The number of rotatable bonds is 3. The van der Waals surface area contributed by atoms with Gasteiger partial charge in [0.05, 0.1) is 11.4 Å². The van der Waals surface area contributed by atoms with E-state index in [1.165, 1.54) is 23.4 Å². The molecule has 2 heterocycles. The zero-order valence-corrected chi connectivity index (χ0v) is 13.6. The predicted octanol–water partition coefficient (Wildman–Crippen LogP) is -0.203. The van der Waals surface area contributed by atoms with Crippen LogP contribution in [0.1, 0.15) is 13.3 Å². The fourth-order valence-electron chi connectivity index (χ4n) is 3.25. The number of fused-ring (bicyclic) bond motifs is 1. The number of hydrogen-bond donors (Lipinski definition) is 1. The molecule has 0 saturated carbocycles. The Labute approximate surface area is 135 Å². The van der Waals surface area contributed by atoms with Crippen LogP contribution in [0.5, 0.6) is 0 Å². The van der Waals surface area contributed by atoms with E-state index in [1.807, 2.05) is 0 Å². The predicted molar refractivity (Wildman–Crippen MR) is 82.9 cm³/mol. The minimum absolute atomic E-state index is 0.110. The minimum atomic E-state index is -3.68. The molecule has 8 heteroatoms. The smallest absolute Gasteiger partial charge is 0.243 e. The highest BCUT2D eigenvalue weighted by Crippen LogP contribution is 2.26. The van der Waals surface area contributed by atoms with Crippen LogP contribution >= 0.6 is 0 Å². The third-order valence-electron chi connectivity index (χ3n) is 4.25. The van der Waals surface area contributed by atoms with E-state index in [2.05, 4.69) is 5.32 Å². The second kappa shape index (κ2) is 5.93. The van der Waals surface area contributed by atoms with Gasteiger partial charge in [-0.25, -0.2) is 8.42 Å². The SMILES string of the molecule is CC(=O)NC1CC2CN(S(=O)(=O)c3ccccc3)CC(=O)N2C1. The lowest BCUT2D eigenvalue weighted by Gasteiger charge is -2.36. The first-order chi connectivity index (χ1) is 10.9. The molecule has 1 aromatic rings. The zero-order valence-electron chi connectivity index (χ0n) is 12.8. The number of amides is 2. The molecule has 2 atom stereocenters. The van der Waals surface area contributed by atoms with Gasteiger partial charge in [0.15, 0.2) is 0 Å². The number of sulfonamides is 1. The molecule has 1 aromatic carbocycles. The summed E-state index contributed by atoms with van der Waals surface area (Å²) in [5, 5.41) is 2.80. The number of nitrogens with one attached hydrogen (secondary N) is 1. The molecule has 2 saturated heterocycles. The van der Waals surface area contributed by atoms with Crippen LogP contribution in [-0.4, -0.2) is 61.2 Å². The van der Waals surface area contributed by atoms with Gasteiger partial charge in [0.1, 0.15) is 0 Å². The van der Waals surface area contributed by atoms with Crippen molar-refractivity contribution in [2.75, 3.05) is 19.6 Å². The summed E-state index contributed by atoms with van der Waals surface area (Å²) in [4.78, 5) is 25.3. The fraction of sp³-hybridized carbons (Fsp3) is 0.467. The Morgan fingerprint density at radius 2 is 1.91 bits per heavy atom. The van der Waals surface area contributed by atoms with Crippen molar-refractivity contribution in [1.29, 1.82) is 0 Å². The molecular formula is C15H19N3O4S. The number of nitrogens with zero attached hydrogens (tertiary/aromatic N) is 2. The monoisotopic (exact) mass is 337 g/mol. The van der Waals surface area contributed by atoms with Crippen molar-refractivity contribution < 1.29 is 18.0 Å². The van der Waals surface area contributed by atoms with Crippen LogP contribution in [0.25, 0.3) is 0 Å². The van der Waals surface area contributed by atoms with Crippen molar-refractivity contribution in [3.63, 3.8) is 0 Å². The number of piperazine rings is 1. The Balaban J connectivity index is 1.78. The van der Waals surface area contributed by atoms with Crippen molar-refractivity contribution in [3.05, 3.63) is 30.3 Å². The van der Waals surface area contributed by atoms with Crippen LogP contribution in [-0.2, 0) is 19.6 Å². The van der Waals surface area contributed by atoms with Crippen LogP contribution in [0.4, 0.5) is 0 Å². The minimum Gasteiger partial charge on any atom is -0.352 e. The lowest BCUT2D eigenvalue weighted by molar-refractivity contribution is -0.135. The molecule has 0 aromatic heterocycles. The Kier molecular flexibility index (Phi) is 4.11. The summed E-state index contributed by atoms with van der Waals surface area (Å²) in [6.45, 7) is 1.99. The summed E-state index contributed by atoms with van der Waals surface area (Å²) < 4.78 is 26.6. The van der Waals surface area contributed by atoms with Gasteiger partial charge in [0.25, 0.3) is 0 Å². The summed E-state index contributed by atoms with van der Waals surface area (Å²) in [6, 6.07) is 7.83. The number of carbonyl (C=O) groups is 2. The van der Waals surface area contributed by atoms with Crippen LogP contribution in [0, 0.1) is 0 Å². The molecule has 0 bridgehead atoms. The zero-order chi connectivity index (χ0) is 16.6. The molecule has 2 fully saturated rings. The van der Waals surface area contributed by atoms with Gasteiger partial charge in [0.2, 0.25) is 21.8 Å². The Bertz CT molecular complexity index is 719. The third-order valence-corrected chi connectivity index (χ3v) is 6.08. The topological polar surface area (TPSA) is 86.8 Å². The highest BCUT2D eigenvalue weighted by molar-refractivity contribution is 7.89. The van der Waals surface area contributed by atoms with Gasteiger partial charge in [-0.3, -0.25) is 9.59 Å². The van der Waals surface area contributed by atoms with Crippen LogP contribution < -0.4 is 5.32 Å². The highest BCUT2D eigenvalue weighted by atomic mass is 32.2. The second-order valence-electron chi connectivity index (χ2n) is 5.94. The van der Waals surface area contributed by atoms with Crippen LogP contribution in [0.2, 0.25) is 0 Å². The molecule has 0 radical (unpaired) electrons. The molecule has 0 spiro atoms. The summed E-state index contributed by atoms with van der Waals surface area (Å²) >= 11 is 0. The maximum absolute atomic E-state index is 12.7. The lowest BCUT2D eigenvalue weighted by atomic mass is 10.1. The van der Waals surface area contributed by atoms with Crippen molar-refractivity contribution in [3.8, 4) is 0 Å². The molecule has 2 aliphatic rings. The molecule has 7 nitrogen and oxygen atoms in total. The largest absolute Gasteiger partial charge is 0.352 e. The van der Waals surface area contributed by atoms with Crippen molar-refractivity contribution in [2.45, 2.75) is 30.3 Å². The van der Waals surface area contributed by atoms with Crippen LogP contribution in [0.15, 0.2) is 35.2 Å². The Morgan fingerprint density at radius 3 is 2.57 bits per heavy atom. The molecule has 2 unspecified atom stereocenters. The first-order valence-corrected chi connectivity index (χ1v) is 8.93. The maximum atomic E-state index is 12.7. The highest BCUT2D eigenvalue weighted by Gasteiger charge is 2.43. The Morgan fingerprint density at radius 1 is 1.22 bits per heavy atom. The molecule has 2 aliphatic heterocycles. The quantitative estimate of drug-likeness (QED) is 0.827. The van der Waals surface area contributed by atoms with Gasteiger partial charge in [-0.15, -0.1) is 0 Å². The van der Waals surface area contributed by atoms with E-state index in [-0.39, 0.29) is 41.9 Å². The third kappa shape index (κ3) is 3.09.